The van der Waals surface area contributed by atoms with Crippen molar-refractivity contribution in [1.29, 1.82) is 0 Å². The predicted molar refractivity (Wildman–Crippen MR) is 72.1 cm³/mol. The maximum atomic E-state index is 13.6. The molecule has 1 aromatic carbocycles. The number of ether oxygens (including phenoxy) is 1. The largest absolute Gasteiger partial charge is 0.435 e. The first kappa shape index (κ1) is 14.2. The summed E-state index contributed by atoms with van der Waals surface area (Å²) in [5.74, 6) is -1.33. The Morgan fingerprint density at radius 2 is 1.95 bits per heavy atom. The van der Waals surface area contributed by atoms with Gasteiger partial charge in [-0.1, -0.05) is 19.9 Å². The van der Waals surface area contributed by atoms with Gasteiger partial charge in [-0.15, -0.1) is 0 Å². The molecule has 4 nitrogen and oxygen atoms in total. The van der Waals surface area contributed by atoms with Crippen LogP contribution in [0.2, 0.25) is 0 Å². The zero-order valence-electron chi connectivity index (χ0n) is 11.4. The van der Waals surface area contributed by atoms with Crippen molar-refractivity contribution in [2.75, 3.05) is 12.4 Å². The van der Waals surface area contributed by atoms with Crippen LogP contribution in [0.3, 0.4) is 0 Å². The second-order valence-electron chi connectivity index (χ2n) is 4.50. The van der Waals surface area contributed by atoms with E-state index in [1.807, 2.05) is 13.8 Å². The SMILES string of the molecule is CNc1ncnc(Oc2cccc(F)c2F)c1C(C)C. The van der Waals surface area contributed by atoms with E-state index in [9.17, 15) is 8.78 Å². The lowest BCUT2D eigenvalue weighted by Gasteiger charge is -2.15. The number of halogens is 2. The van der Waals surface area contributed by atoms with Crippen molar-refractivity contribution in [3.05, 3.63) is 41.7 Å². The summed E-state index contributed by atoms with van der Waals surface area (Å²) in [6, 6.07) is 3.76. The number of benzene rings is 1. The van der Waals surface area contributed by atoms with E-state index in [2.05, 4.69) is 15.3 Å². The van der Waals surface area contributed by atoms with Gasteiger partial charge in [-0.25, -0.2) is 14.4 Å². The fourth-order valence-corrected chi connectivity index (χ4v) is 1.85. The van der Waals surface area contributed by atoms with Crippen LogP contribution in [0.4, 0.5) is 14.6 Å². The van der Waals surface area contributed by atoms with Crippen LogP contribution in [-0.2, 0) is 0 Å². The molecule has 0 spiro atoms. The summed E-state index contributed by atoms with van der Waals surface area (Å²) in [5, 5.41) is 2.93. The molecule has 2 aromatic rings. The van der Waals surface area contributed by atoms with Crippen LogP contribution in [0.15, 0.2) is 24.5 Å². The fraction of sp³-hybridized carbons (Fsp3) is 0.286. The Hall–Kier alpha value is -2.24. The molecule has 1 heterocycles. The minimum Gasteiger partial charge on any atom is -0.435 e. The lowest BCUT2D eigenvalue weighted by atomic mass is 10.1. The van der Waals surface area contributed by atoms with Gasteiger partial charge in [0.1, 0.15) is 12.1 Å². The van der Waals surface area contributed by atoms with Crippen molar-refractivity contribution in [2.24, 2.45) is 0 Å². The maximum absolute atomic E-state index is 13.6. The summed E-state index contributed by atoms with van der Waals surface area (Å²) in [7, 11) is 1.72. The van der Waals surface area contributed by atoms with Crippen LogP contribution in [0.25, 0.3) is 0 Å². The van der Waals surface area contributed by atoms with Gasteiger partial charge in [0.25, 0.3) is 0 Å². The summed E-state index contributed by atoms with van der Waals surface area (Å²) >= 11 is 0. The number of hydrogen-bond acceptors (Lipinski definition) is 4. The summed E-state index contributed by atoms with van der Waals surface area (Å²) in [6.45, 7) is 3.88. The first-order valence-corrected chi connectivity index (χ1v) is 6.19. The second kappa shape index (κ2) is 5.81. The summed E-state index contributed by atoms with van der Waals surface area (Å²) < 4.78 is 32.2. The summed E-state index contributed by atoms with van der Waals surface area (Å²) in [5.41, 5.74) is 0.707. The molecule has 0 unspecified atom stereocenters. The van der Waals surface area contributed by atoms with Gasteiger partial charge in [-0.05, 0) is 18.1 Å². The lowest BCUT2D eigenvalue weighted by molar-refractivity contribution is 0.400. The maximum Gasteiger partial charge on any atom is 0.228 e. The molecule has 0 amide bonds. The van der Waals surface area contributed by atoms with Gasteiger partial charge < -0.3 is 10.1 Å². The van der Waals surface area contributed by atoms with Crippen molar-refractivity contribution >= 4 is 5.82 Å². The molecule has 20 heavy (non-hydrogen) atoms. The molecular weight excluding hydrogens is 264 g/mol. The molecule has 0 saturated carbocycles. The average molecular weight is 279 g/mol. The minimum absolute atomic E-state index is 0.0604. The molecule has 0 aliphatic heterocycles. The van der Waals surface area contributed by atoms with Crippen LogP contribution in [0, 0.1) is 11.6 Å². The first-order chi connectivity index (χ1) is 9.54. The van der Waals surface area contributed by atoms with Gasteiger partial charge in [0.2, 0.25) is 11.7 Å². The van der Waals surface area contributed by atoms with Gasteiger partial charge in [0.15, 0.2) is 11.6 Å². The molecule has 106 valence electrons. The van der Waals surface area contributed by atoms with E-state index in [0.29, 0.717) is 11.4 Å². The molecule has 0 radical (unpaired) electrons. The zero-order chi connectivity index (χ0) is 14.7. The average Bonchev–Trinajstić information content (AvgIpc) is 2.43. The fourth-order valence-electron chi connectivity index (χ4n) is 1.85. The molecular formula is C14H15F2N3O. The van der Waals surface area contributed by atoms with Gasteiger partial charge >= 0.3 is 0 Å². The van der Waals surface area contributed by atoms with Crippen molar-refractivity contribution in [2.45, 2.75) is 19.8 Å². The molecule has 0 fully saturated rings. The van der Waals surface area contributed by atoms with E-state index < -0.39 is 11.6 Å². The number of nitrogens with zero attached hydrogens (tertiary/aromatic N) is 2. The van der Waals surface area contributed by atoms with Gasteiger partial charge in [0.05, 0.1) is 5.56 Å². The van der Waals surface area contributed by atoms with Gasteiger partial charge in [0, 0.05) is 7.05 Å². The number of hydrogen-bond donors (Lipinski definition) is 1. The highest BCUT2D eigenvalue weighted by atomic mass is 19.2. The van der Waals surface area contributed by atoms with Crippen molar-refractivity contribution < 1.29 is 13.5 Å². The number of anilines is 1. The van der Waals surface area contributed by atoms with Crippen LogP contribution in [0.5, 0.6) is 11.6 Å². The third-order valence-electron chi connectivity index (χ3n) is 2.78. The van der Waals surface area contributed by atoms with Gasteiger partial charge in [-0.2, -0.15) is 4.39 Å². The predicted octanol–water partition coefficient (Wildman–Crippen LogP) is 3.71. The second-order valence-corrected chi connectivity index (χ2v) is 4.50. The molecule has 0 aliphatic rings. The third-order valence-corrected chi connectivity index (χ3v) is 2.78. The van der Waals surface area contributed by atoms with Gasteiger partial charge in [-0.3, -0.25) is 0 Å². The summed E-state index contributed by atoms with van der Waals surface area (Å²) in [4.78, 5) is 8.10. The summed E-state index contributed by atoms with van der Waals surface area (Å²) in [6.07, 6.45) is 1.31. The van der Waals surface area contributed by atoms with E-state index in [4.69, 9.17) is 4.74 Å². The first-order valence-electron chi connectivity index (χ1n) is 6.19. The highest BCUT2D eigenvalue weighted by Gasteiger charge is 2.18. The van der Waals surface area contributed by atoms with E-state index in [1.165, 1.54) is 18.5 Å². The van der Waals surface area contributed by atoms with Crippen molar-refractivity contribution in [3.8, 4) is 11.6 Å². The Balaban J connectivity index is 2.46. The quantitative estimate of drug-likeness (QED) is 0.926. The Bertz CT molecular complexity index is 617. The zero-order valence-corrected chi connectivity index (χ0v) is 11.4. The van der Waals surface area contributed by atoms with E-state index in [0.717, 1.165) is 6.07 Å². The van der Waals surface area contributed by atoms with Crippen LogP contribution < -0.4 is 10.1 Å². The topological polar surface area (TPSA) is 47.0 Å². The van der Waals surface area contributed by atoms with E-state index in [1.54, 1.807) is 7.05 Å². The highest BCUT2D eigenvalue weighted by Crippen LogP contribution is 2.33. The monoisotopic (exact) mass is 279 g/mol. The van der Waals surface area contributed by atoms with E-state index >= 15 is 0 Å². The minimum atomic E-state index is -1.04. The number of nitrogens with one attached hydrogen (secondary N) is 1. The Morgan fingerprint density at radius 1 is 1.20 bits per heavy atom. The molecule has 2 rings (SSSR count). The molecule has 0 bridgehead atoms. The molecule has 0 atom stereocenters. The standard InChI is InChI=1S/C14H15F2N3O/c1-8(2)11-13(17-3)18-7-19-14(11)20-10-6-4-5-9(15)12(10)16/h4-8H,1-3H3,(H,17,18,19). The third kappa shape index (κ3) is 2.68. The molecule has 0 aliphatic carbocycles. The highest BCUT2D eigenvalue weighted by molar-refractivity contribution is 5.51. The van der Waals surface area contributed by atoms with Crippen molar-refractivity contribution in [1.82, 2.24) is 9.97 Å². The van der Waals surface area contributed by atoms with Crippen molar-refractivity contribution in [3.63, 3.8) is 0 Å². The lowest BCUT2D eigenvalue weighted by Crippen LogP contribution is -2.05. The molecule has 6 heteroatoms. The Morgan fingerprint density at radius 3 is 2.60 bits per heavy atom. The van der Waals surface area contributed by atoms with E-state index in [-0.39, 0.29) is 17.5 Å². The molecule has 1 aromatic heterocycles. The molecule has 1 N–H and O–H groups in total. The number of aromatic nitrogens is 2. The smallest absolute Gasteiger partial charge is 0.228 e. The Kier molecular flexibility index (Phi) is 4.12. The normalized spacial score (nSPS) is 10.7. The Labute approximate surface area is 115 Å². The van der Waals surface area contributed by atoms with Crippen LogP contribution in [-0.4, -0.2) is 17.0 Å². The molecule has 0 saturated heterocycles. The number of rotatable bonds is 4. The van der Waals surface area contributed by atoms with Crippen LogP contribution in [0.1, 0.15) is 25.3 Å². The van der Waals surface area contributed by atoms with Crippen LogP contribution >= 0.6 is 0 Å².